The van der Waals surface area contributed by atoms with E-state index in [1.165, 1.54) is 11.1 Å². The van der Waals surface area contributed by atoms with E-state index in [9.17, 15) is 14.7 Å². The maximum absolute atomic E-state index is 13.2. The van der Waals surface area contributed by atoms with E-state index < -0.39 is 6.10 Å². The summed E-state index contributed by atoms with van der Waals surface area (Å²) < 4.78 is 12.3. The molecule has 0 saturated heterocycles. The van der Waals surface area contributed by atoms with Crippen molar-refractivity contribution < 1.29 is 24.2 Å². The van der Waals surface area contributed by atoms with Crippen molar-refractivity contribution in [2.24, 2.45) is 44.3 Å². The van der Waals surface area contributed by atoms with Gasteiger partial charge in [-0.1, -0.05) is 90.4 Å². The van der Waals surface area contributed by atoms with Crippen LogP contribution in [0.2, 0.25) is 0 Å². The molecule has 0 heterocycles. The summed E-state index contributed by atoms with van der Waals surface area (Å²) in [7, 11) is 0. The Morgan fingerprint density at radius 2 is 1.37 bits per heavy atom. The molecule has 7 rings (SSSR count). The highest BCUT2D eigenvalue weighted by molar-refractivity contribution is 5.89. The predicted molar refractivity (Wildman–Crippen MR) is 193 cm³/mol. The van der Waals surface area contributed by atoms with E-state index in [4.69, 9.17) is 9.47 Å². The second kappa shape index (κ2) is 11.8. The topological polar surface area (TPSA) is 72.8 Å². The van der Waals surface area contributed by atoms with E-state index in [1.54, 1.807) is 0 Å². The highest BCUT2D eigenvalue weighted by Gasteiger charge is 2.67. The van der Waals surface area contributed by atoms with Gasteiger partial charge in [-0.3, -0.25) is 0 Å². The van der Waals surface area contributed by atoms with Gasteiger partial charge in [-0.25, -0.2) is 9.59 Å². The molecular weight excluding hydrogens is 608 g/mol. The Hall–Kier alpha value is -2.92. The second-order valence-electron chi connectivity index (χ2n) is 18.6. The molecule has 3 saturated carbocycles. The third-order valence-electron chi connectivity index (χ3n) is 15.6. The zero-order chi connectivity index (χ0) is 35.0. The number of hydrogen-bond acceptors (Lipinski definition) is 5. The van der Waals surface area contributed by atoms with Gasteiger partial charge in [0.15, 0.2) is 0 Å². The molecule has 0 radical (unpaired) electrons. The number of carbonyl (C=O) groups excluding carboxylic acids is 2. The number of benzene rings is 2. The normalized spacial score (nSPS) is 41.0. The van der Waals surface area contributed by atoms with E-state index in [0.717, 1.165) is 57.8 Å². The fraction of sp³-hybridized carbons (Fsp3) is 0.636. The van der Waals surface area contributed by atoms with Crippen LogP contribution in [-0.2, 0) is 9.47 Å². The summed E-state index contributed by atoms with van der Waals surface area (Å²) in [5, 5.41) is 12.3. The molecule has 2 aromatic rings. The molecule has 49 heavy (non-hydrogen) atoms. The van der Waals surface area contributed by atoms with Gasteiger partial charge in [0, 0.05) is 10.8 Å². The lowest BCUT2D eigenvalue weighted by molar-refractivity contribution is -0.169. The first-order valence-corrected chi connectivity index (χ1v) is 19.0. The average Bonchev–Trinajstić information content (AvgIpc) is 3.08. The fourth-order valence-electron chi connectivity index (χ4n) is 12.3. The van der Waals surface area contributed by atoms with E-state index in [-0.39, 0.29) is 56.5 Å². The molecule has 9 atom stereocenters. The molecule has 5 heteroatoms. The summed E-state index contributed by atoms with van der Waals surface area (Å²) in [5.41, 5.74) is 3.85. The molecule has 0 spiro atoms. The molecule has 3 fully saturated rings. The van der Waals surface area contributed by atoms with Crippen molar-refractivity contribution in [2.75, 3.05) is 6.61 Å². The molecule has 1 N–H and O–H groups in total. The Morgan fingerprint density at radius 1 is 0.755 bits per heavy atom. The summed E-state index contributed by atoms with van der Waals surface area (Å²) in [4.78, 5) is 26.1. The van der Waals surface area contributed by atoms with Crippen LogP contribution in [0.25, 0.3) is 0 Å². The van der Waals surface area contributed by atoms with Crippen molar-refractivity contribution in [3.05, 3.63) is 82.9 Å². The minimum atomic E-state index is -0.494. The number of fused-ring (bicyclic) bond motifs is 6. The number of hydrogen-bond donors (Lipinski definition) is 1. The number of allylic oxidation sites excluding steroid dienone is 1. The molecule has 264 valence electrons. The van der Waals surface area contributed by atoms with E-state index in [0.29, 0.717) is 30.1 Å². The van der Waals surface area contributed by atoms with Crippen LogP contribution in [-0.4, -0.2) is 35.9 Å². The highest BCUT2D eigenvalue weighted by atomic mass is 16.5. The SMILES string of the molecule is CC1(C)[C@H](OC(=O)c2ccccc2)CC[C@]2(C)C3=C([C@H](O)C[C@@H]12)[C@@]1(C)CC[C@@]2(C)CC[C@@](C)(COC(=O)c4ccccc4)C[C@H]2[C@]1(C)CC3. The van der Waals surface area contributed by atoms with Crippen molar-refractivity contribution in [2.45, 2.75) is 125 Å². The molecule has 2 aromatic carbocycles. The number of carbonyl (C=O) groups is 2. The number of rotatable bonds is 5. The standard InChI is InChI=1S/C44H58O5/c1-39(2)33-26-32(45)36-31(42(33,5)20-19-35(39)49-38(47)30-16-12-9-13-17-30)18-21-43(6)34-27-40(3,22-23-41(34,4)24-25-44(36,43)7)28-48-37(46)29-14-10-8-11-15-29/h8-17,32-35,45H,18-28H2,1-7H3/t32-,33+,34-,35-,40-,41-,42-,43+,44-/m1/s1. The van der Waals surface area contributed by atoms with Crippen LogP contribution in [0.1, 0.15) is 133 Å². The number of aliphatic hydroxyl groups is 1. The van der Waals surface area contributed by atoms with Crippen LogP contribution in [0.15, 0.2) is 71.8 Å². The maximum Gasteiger partial charge on any atom is 0.338 e. The fourth-order valence-corrected chi connectivity index (χ4v) is 12.3. The van der Waals surface area contributed by atoms with Crippen molar-refractivity contribution in [3.63, 3.8) is 0 Å². The Morgan fingerprint density at radius 3 is 2.02 bits per heavy atom. The van der Waals surface area contributed by atoms with Gasteiger partial charge in [-0.2, -0.15) is 0 Å². The van der Waals surface area contributed by atoms with Crippen molar-refractivity contribution in [3.8, 4) is 0 Å². The molecule has 0 bridgehead atoms. The van der Waals surface area contributed by atoms with Crippen molar-refractivity contribution in [1.29, 1.82) is 0 Å². The van der Waals surface area contributed by atoms with Gasteiger partial charge >= 0.3 is 11.9 Å². The zero-order valence-electron chi connectivity index (χ0n) is 30.9. The third kappa shape index (κ3) is 5.35. The minimum absolute atomic E-state index is 0.0338. The highest BCUT2D eigenvalue weighted by Crippen LogP contribution is 2.75. The Labute approximate surface area is 294 Å². The average molecular weight is 667 g/mol. The van der Waals surface area contributed by atoms with Gasteiger partial charge in [0.2, 0.25) is 0 Å². The van der Waals surface area contributed by atoms with Crippen LogP contribution in [0, 0.1) is 44.3 Å². The predicted octanol–water partition coefficient (Wildman–Crippen LogP) is 9.99. The van der Waals surface area contributed by atoms with Gasteiger partial charge in [-0.15, -0.1) is 0 Å². The van der Waals surface area contributed by atoms with Gasteiger partial charge in [0.1, 0.15) is 6.10 Å². The summed E-state index contributed by atoms with van der Waals surface area (Å²) in [6, 6.07) is 18.7. The van der Waals surface area contributed by atoms with Crippen LogP contribution >= 0.6 is 0 Å². The van der Waals surface area contributed by atoms with Gasteiger partial charge < -0.3 is 14.6 Å². The van der Waals surface area contributed by atoms with Gasteiger partial charge in [0.05, 0.1) is 23.8 Å². The number of esters is 2. The molecule has 5 aliphatic carbocycles. The number of aliphatic hydroxyl groups excluding tert-OH is 1. The lowest BCUT2D eigenvalue weighted by atomic mass is 9.35. The van der Waals surface area contributed by atoms with E-state index in [1.807, 2.05) is 60.7 Å². The van der Waals surface area contributed by atoms with Crippen LogP contribution < -0.4 is 0 Å². The molecular formula is C44H58O5. The summed E-state index contributed by atoms with van der Waals surface area (Å²) in [5.74, 6) is 0.210. The first kappa shape index (κ1) is 34.5. The van der Waals surface area contributed by atoms with Crippen LogP contribution in [0.4, 0.5) is 0 Å². The van der Waals surface area contributed by atoms with Crippen LogP contribution in [0.3, 0.4) is 0 Å². The van der Waals surface area contributed by atoms with Gasteiger partial charge in [0.25, 0.3) is 0 Å². The summed E-state index contributed by atoms with van der Waals surface area (Å²) >= 11 is 0. The second-order valence-corrected chi connectivity index (χ2v) is 18.6. The first-order chi connectivity index (χ1) is 23.1. The minimum Gasteiger partial charge on any atom is -0.462 e. The molecule has 0 aromatic heterocycles. The summed E-state index contributed by atoms with van der Waals surface area (Å²) in [6.07, 6.45) is 9.48. The van der Waals surface area contributed by atoms with E-state index >= 15 is 0 Å². The van der Waals surface area contributed by atoms with Crippen molar-refractivity contribution >= 4 is 11.9 Å². The quantitative estimate of drug-likeness (QED) is 0.254. The van der Waals surface area contributed by atoms with Crippen LogP contribution in [0.5, 0.6) is 0 Å². The molecule has 0 unspecified atom stereocenters. The lowest BCUT2D eigenvalue weighted by Gasteiger charge is -2.70. The maximum atomic E-state index is 13.2. The van der Waals surface area contributed by atoms with Crippen molar-refractivity contribution in [1.82, 2.24) is 0 Å². The molecule has 5 nitrogen and oxygen atoms in total. The molecule has 0 aliphatic heterocycles. The van der Waals surface area contributed by atoms with Gasteiger partial charge in [-0.05, 0) is 128 Å². The third-order valence-corrected chi connectivity index (χ3v) is 15.6. The first-order valence-electron chi connectivity index (χ1n) is 19.0. The smallest absolute Gasteiger partial charge is 0.338 e. The number of ether oxygens (including phenoxy) is 2. The monoisotopic (exact) mass is 666 g/mol. The molecule has 5 aliphatic rings. The Kier molecular flexibility index (Phi) is 8.33. The lowest BCUT2D eigenvalue weighted by Crippen LogP contribution is -2.63. The largest absolute Gasteiger partial charge is 0.462 e. The molecule has 0 amide bonds. The summed E-state index contributed by atoms with van der Waals surface area (Å²) in [6.45, 7) is 17.3. The Bertz CT molecular complexity index is 1630. The van der Waals surface area contributed by atoms with E-state index in [2.05, 4.69) is 48.5 Å². The Balaban J connectivity index is 1.16. The zero-order valence-corrected chi connectivity index (χ0v) is 30.9.